The van der Waals surface area contributed by atoms with Gasteiger partial charge in [0.1, 0.15) is 0 Å². The van der Waals surface area contributed by atoms with Gasteiger partial charge in [0.05, 0.1) is 21.0 Å². The maximum absolute atomic E-state index is 12.1. The largest absolute Gasteiger partial charge is 0.350 e. The van der Waals surface area contributed by atoms with Gasteiger partial charge in [0.15, 0.2) is 0 Å². The number of benzene rings is 2. The molecule has 0 bridgehead atoms. The van der Waals surface area contributed by atoms with Crippen LogP contribution in [-0.4, -0.2) is 21.4 Å². The number of sulfonamides is 1. The van der Waals surface area contributed by atoms with Crippen LogP contribution >= 0.6 is 23.2 Å². The summed E-state index contributed by atoms with van der Waals surface area (Å²) in [6.07, 6.45) is 0.809. The molecular formula is C18H20Cl2N2O3S. The van der Waals surface area contributed by atoms with Gasteiger partial charge in [-0.25, -0.2) is 13.1 Å². The Kier molecular flexibility index (Phi) is 7.06. The van der Waals surface area contributed by atoms with Gasteiger partial charge in [-0.3, -0.25) is 4.79 Å². The molecule has 8 heteroatoms. The molecule has 1 amide bonds. The van der Waals surface area contributed by atoms with Crippen LogP contribution in [0.15, 0.2) is 47.4 Å². The molecule has 5 nitrogen and oxygen atoms in total. The fraction of sp³-hybridized carbons (Fsp3) is 0.278. The second-order valence-corrected chi connectivity index (χ2v) is 8.52. The molecule has 2 aromatic carbocycles. The molecule has 0 aromatic heterocycles. The highest BCUT2D eigenvalue weighted by atomic mass is 35.5. The van der Waals surface area contributed by atoms with E-state index in [4.69, 9.17) is 23.2 Å². The molecular weight excluding hydrogens is 395 g/mol. The first kappa shape index (κ1) is 20.7. The number of amides is 1. The Hall–Kier alpha value is -1.60. The summed E-state index contributed by atoms with van der Waals surface area (Å²) in [5.74, 6) is -0.101. The van der Waals surface area contributed by atoms with Crippen molar-refractivity contribution in [2.45, 2.75) is 30.7 Å². The highest BCUT2D eigenvalue weighted by molar-refractivity contribution is 7.89. The zero-order chi connectivity index (χ0) is 19.3. The van der Waals surface area contributed by atoms with E-state index in [1.807, 2.05) is 13.0 Å². The van der Waals surface area contributed by atoms with Gasteiger partial charge in [0, 0.05) is 6.42 Å². The van der Waals surface area contributed by atoms with Crippen LogP contribution in [0.3, 0.4) is 0 Å². The van der Waals surface area contributed by atoms with Gasteiger partial charge in [-0.15, -0.1) is 0 Å². The maximum atomic E-state index is 12.1. The molecule has 0 saturated heterocycles. The Labute approximate surface area is 163 Å². The minimum absolute atomic E-state index is 0.101. The molecule has 2 N–H and O–H groups in total. The predicted molar refractivity (Wildman–Crippen MR) is 104 cm³/mol. The van der Waals surface area contributed by atoms with Crippen molar-refractivity contribution in [1.29, 1.82) is 0 Å². The molecule has 0 radical (unpaired) electrons. The molecule has 0 aliphatic heterocycles. The lowest BCUT2D eigenvalue weighted by atomic mass is 10.1. The van der Waals surface area contributed by atoms with Gasteiger partial charge in [-0.2, -0.15) is 0 Å². The minimum Gasteiger partial charge on any atom is -0.350 e. The number of hydrogen-bond donors (Lipinski definition) is 2. The van der Waals surface area contributed by atoms with Crippen LogP contribution in [0.4, 0.5) is 0 Å². The van der Waals surface area contributed by atoms with Crippen LogP contribution in [0.2, 0.25) is 10.0 Å². The summed E-state index contributed by atoms with van der Waals surface area (Å²) < 4.78 is 25.6. The zero-order valence-corrected chi connectivity index (χ0v) is 16.8. The lowest BCUT2D eigenvalue weighted by molar-refractivity contribution is -0.121. The topological polar surface area (TPSA) is 75.3 Å². The highest BCUT2D eigenvalue weighted by Gasteiger charge is 2.13. The van der Waals surface area contributed by atoms with Gasteiger partial charge in [0.2, 0.25) is 15.9 Å². The van der Waals surface area contributed by atoms with Crippen LogP contribution < -0.4 is 10.0 Å². The number of halogens is 2. The van der Waals surface area contributed by atoms with Crippen LogP contribution in [0.25, 0.3) is 0 Å². The number of aryl methyl sites for hydroxylation is 1. The standard InChI is InChI=1S/C18H20Cl2N2O3S/c1-12(14-6-9-16(19)17(20)11-14)22-18(23)10-5-13-3-7-15(8-4-13)26(24,25)21-2/h3-4,6-9,11-12,21H,5,10H2,1-2H3,(H,22,23). The van der Waals surface area contributed by atoms with E-state index in [2.05, 4.69) is 10.0 Å². The molecule has 0 saturated carbocycles. The fourth-order valence-electron chi connectivity index (χ4n) is 2.39. The van der Waals surface area contributed by atoms with Crippen molar-refractivity contribution in [3.63, 3.8) is 0 Å². The first-order valence-electron chi connectivity index (χ1n) is 7.99. The maximum Gasteiger partial charge on any atom is 0.240 e. The highest BCUT2D eigenvalue weighted by Crippen LogP contribution is 2.25. The van der Waals surface area contributed by atoms with E-state index >= 15 is 0 Å². The van der Waals surface area contributed by atoms with Crippen molar-refractivity contribution in [3.8, 4) is 0 Å². The van der Waals surface area contributed by atoms with Crippen molar-refractivity contribution >= 4 is 39.1 Å². The van der Waals surface area contributed by atoms with Crippen molar-refractivity contribution in [1.82, 2.24) is 10.0 Å². The van der Waals surface area contributed by atoms with E-state index in [9.17, 15) is 13.2 Å². The van der Waals surface area contributed by atoms with Crippen LogP contribution in [-0.2, 0) is 21.2 Å². The number of nitrogens with one attached hydrogen (secondary N) is 2. The summed E-state index contributed by atoms with van der Waals surface area (Å²) in [5.41, 5.74) is 1.76. The molecule has 0 aliphatic rings. The van der Waals surface area contributed by atoms with E-state index in [0.29, 0.717) is 22.9 Å². The Balaban J connectivity index is 1.91. The van der Waals surface area contributed by atoms with Crippen LogP contribution in [0.5, 0.6) is 0 Å². The van der Waals surface area contributed by atoms with E-state index in [0.717, 1.165) is 11.1 Å². The SMILES string of the molecule is CNS(=O)(=O)c1ccc(CCC(=O)NC(C)c2ccc(Cl)c(Cl)c2)cc1. The third-order valence-electron chi connectivity index (χ3n) is 3.96. The third kappa shape index (κ3) is 5.45. The monoisotopic (exact) mass is 414 g/mol. The zero-order valence-electron chi connectivity index (χ0n) is 14.4. The smallest absolute Gasteiger partial charge is 0.240 e. The van der Waals surface area contributed by atoms with E-state index < -0.39 is 10.0 Å². The van der Waals surface area contributed by atoms with Crippen LogP contribution in [0, 0.1) is 0 Å². The van der Waals surface area contributed by atoms with Crippen molar-refractivity contribution in [2.75, 3.05) is 7.05 Å². The summed E-state index contributed by atoms with van der Waals surface area (Å²) in [6, 6.07) is 11.5. The molecule has 0 heterocycles. The summed E-state index contributed by atoms with van der Waals surface area (Å²) in [5, 5.41) is 3.83. The quantitative estimate of drug-likeness (QED) is 0.724. The summed E-state index contributed by atoms with van der Waals surface area (Å²) >= 11 is 11.9. The first-order chi connectivity index (χ1) is 12.2. The lowest BCUT2D eigenvalue weighted by Gasteiger charge is -2.15. The number of rotatable bonds is 7. The third-order valence-corrected chi connectivity index (χ3v) is 6.13. The summed E-state index contributed by atoms with van der Waals surface area (Å²) in [4.78, 5) is 12.3. The van der Waals surface area contributed by atoms with Gasteiger partial charge in [0.25, 0.3) is 0 Å². The molecule has 0 fully saturated rings. The average Bonchev–Trinajstić information content (AvgIpc) is 2.62. The van der Waals surface area contributed by atoms with Gasteiger partial charge >= 0.3 is 0 Å². The Morgan fingerprint density at radius 3 is 2.31 bits per heavy atom. The molecule has 140 valence electrons. The summed E-state index contributed by atoms with van der Waals surface area (Å²) in [7, 11) is -2.09. The molecule has 0 aliphatic carbocycles. The van der Waals surface area contributed by atoms with E-state index in [1.165, 1.54) is 19.2 Å². The molecule has 2 aromatic rings. The van der Waals surface area contributed by atoms with Gasteiger partial charge < -0.3 is 5.32 Å². The molecule has 0 spiro atoms. The van der Waals surface area contributed by atoms with Gasteiger partial charge in [-0.05, 0) is 55.8 Å². The first-order valence-corrected chi connectivity index (χ1v) is 10.2. The Bertz CT molecular complexity index is 884. The average molecular weight is 415 g/mol. The lowest BCUT2D eigenvalue weighted by Crippen LogP contribution is -2.26. The van der Waals surface area contributed by atoms with Gasteiger partial charge in [-0.1, -0.05) is 41.4 Å². The number of carbonyl (C=O) groups excluding carboxylic acids is 1. The second-order valence-electron chi connectivity index (χ2n) is 5.81. The van der Waals surface area contributed by atoms with Crippen molar-refractivity contribution in [2.24, 2.45) is 0 Å². The molecule has 26 heavy (non-hydrogen) atoms. The molecule has 1 unspecified atom stereocenters. The number of hydrogen-bond acceptors (Lipinski definition) is 3. The van der Waals surface area contributed by atoms with Crippen molar-refractivity contribution < 1.29 is 13.2 Å². The predicted octanol–water partition coefficient (Wildman–Crippen LogP) is 3.71. The normalized spacial score (nSPS) is 12.6. The number of carbonyl (C=O) groups is 1. The summed E-state index contributed by atoms with van der Waals surface area (Å²) in [6.45, 7) is 1.87. The molecule has 2 rings (SSSR count). The Morgan fingerprint density at radius 2 is 1.73 bits per heavy atom. The van der Waals surface area contributed by atoms with E-state index in [-0.39, 0.29) is 16.8 Å². The fourth-order valence-corrected chi connectivity index (χ4v) is 3.43. The Morgan fingerprint density at radius 1 is 1.08 bits per heavy atom. The van der Waals surface area contributed by atoms with E-state index in [1.54, 1.807) is 24.3 Å². The minimum atomic E-state index is -3.45. The molecule has 1 atom stereocenters. The van der Waals surface area contributed by atoms with Crippen molar-refractivity contribution in [3.05, 3.63) is 63.6 Å². The second kappa shape index (κ2) is 8.86. The van der Waals surface area contributed by atoms with Crippen LogP contribution in [0.1, 0.15) is 30.5 Å².